The first-order valence-corrected chi connectivity index (χ1v) is 9.99. The van der Waals surface area contributed by atoms with Gasteiger partial charge in [0.2, 0.25) is 5.91 Å². The van der Waals surface area contributed by atoms with E-state index in [9.17, 15) is 9.59 Å². The van der Waals surface area contributed by atoms with Crippen LogP contribution in [0.4, 0.5) is 4.79 Å². The number of furan rings is 1. The van der Waals surface area contributed by atoms with Gasteiger partial charge in [0.15, 0.2) is 0 Å². The number of aryl methyl sites for hydroxylation is 1. The maximum absolute atomic E-state index is 12.4. The van der Waals surface area contributed by atoms with Crippen molar-refractivity contribution >= 4 is 11.9 Å². The zero-order valence-electron chi connectivity index (χ0n) is 16.4. The Labute approximate surface area is 166 Å². The highest BCUT2D eigenvalue weighted by Crippen LogP contribution is 2.21. The van der Waals surface area contributed by atoms with Gasteiger partial charge in [-0.3, -0.25) is 4.79 Å². The van der Waals surface area contributed by atoms with Crippen molar-refractivity contribution < 1.29 is 14.0 Å². The Morgan fingerprint density at radius 1 is 1.11 bits per heavy atom. The molecule has 0 saturated carbocycles. The van der Waals surface area contributed by atoms with Crippen LogP contribution in [0.3, 0.4) is 0 Å². The van der Waals surface area contributed by atoms with Crippen LogP contribution < -0.4 is 10.6 Å². The minimum absolute atomic E-state index is 0.0220. The summed E-state index contributed by atoms with van der Waals surface area (Å²) in [7, 11) is 0. The van der Waals surface area contributed by atoms with Crippen LogP contribution in [-0.2, 0) is 17.9 Å². The Bertz CT molecular complexity index is 772. The molecule has 1 unspecified atom stereocenters. The fraction of sp³-hybridized carbons (Fsp3) is 0.455. The van der Waals surface area contributed by atoms with Crippen molar-refractivity contribution in [2.24, 2.45) is 5.92 Å². The first-order valence-electron chi connectivity index (χ1n) is 9.99. The Hall–Kier alpha value is -2.76. The summed E-state index contributed by atoms with van der Waals surface area (Å²) in [4.78, 5) is 26.4. The van der Waals surface area contributed by atoms with Crippen molar-refractivity contribution in [2.45, 2.75) is 45.7 Å². The van der Waals surface area contributed by atoms with E-state index in [1.165, 1.54) is 0 Å². The molecule has 6 nitrogen and oxygen atoms in total. The van der Waals surface area contributed by atoms with Gasteiger partial charge in [-0.25, -0.2) is 4.79 Å². The van der Waals surface area contributed by atoms with Gasteiger partial charge in [0.1, 0.15) is 11.5 Å². The summed E-state index contributed by atoms with van der Waals surface area (Å²) in [6, 6.07) is 13.7. The third-order valence-corrected chi connectivity index (χ3v) is 5.13. The molecule has 0 radical (unpaired) electrons. The molecule has 0 bridgehead atoms. The summed E-state index contributed by atoms with van der Waals surface area (Å²) in [6.45, 7) is 4.34. The fourth-order valence-electron chi connectivity index (χ4n) is 3.56. The Kier molecular flexibility index (Phi) is 7.12. The van der Waals surface area contributed by atoms with Gasteiger partial charge < -0.3 is 20.0 Å². The third kappa shape index (κ3) is 6.15. The number of hydrogen-bond donors (Lipinski definition) is 2. The van der Waals surface area contributed by atoms with E-state index in [2.05, 4.69) is 10.6 Å². The second kappa shape index (κ2) is 9.97. The van der Waals surface area contributed by atoms with Crippen molar-refractivity contribution in [3.8, 4) is 0 Å². The number of rotatable bonds is 7. The number of carbonyl (C=O) groups excluding carboxylic acids is 2. The molecule has 6 heteroatoms. The van der Waals surface area contributed by atoms with Gasteiger partial charge in [-0.05, 0) is 49.8 Å². The standard InChI is InChI=1S/C22H29N3O3/c1-17-9-11-20(28-17)15-23-21(26)12-10-19-8-5-13-25(16-19)22(27)24-14-18-6-3-2-4-7-18/h2-4,6-7,9,11,19H,5,8,10,12-16H2,1H3,(H,23,26)(H,24,27). The van der Waals surface area contributed by atoms with Crippen LogP contribution in [0.15, 0.2) is 46.9 Å². The van der Waals surface area contributed by atoms with E-state index < -0.39 is 0 Å². The maximum atomic E-state index is 12.4. The van der Waals surface area contributed by atoms with Gasteiger partial charge in [0.05, 0.1) is 6.54 Å². The zero-order chi connectivity index (χ0) is 19.8. The van der Waals surface area contributed by atoms with Crippen LogP contribution >= 0.6 is 0 Å². The fourth-order valence-corrected chi connectivity index (χ4v) is 3.56. The molecule has 1 saturated heterocycles. The Morgan fingerprint density at radius 2 is 1.93 bits per heavy atom. The summed E-state index contributed by atoms with van der Waals surface area (Å²) < 4.78 is 5.46. The lowest BCUT2D eigenvalue weighted by Gasteiger charge is -2.32. The molecule has 2 heterocycles. The van der Waals surface area contributed by atoms with Crippen LogP contribution in [0.5, 0.6) is 0 Å². The molecule has 2 aromatic rings. The van der Waals surface area contributed by atoms with Crippen LogP contribution in [0.1, 0.15) is 42.8 Å². The smallest absolute Gasteiger partial charge is 0.317 e. The molecule has 1 aliphatic rings. The van der Waals surface area contributed by atoms with Crippen molar-refractivity contribution in [1.82, 2.24) is 15.5 Å². The van der Waals surface area contributed by atoms with E-state index in [4.69, 9.17) is 4.42 Å². The topological polar surface area (TPSA) is 74.6 Å². The van der Waals surface area contributed by atoms with Crippen LogP contribution in [0.25, 0.3) is 0 Å². The predicted molar refractivity (Wildman–Crippen MR) is 108 cm³/mol. The van der Waals surface area contributed by atoms with Crippen molar-refractivity contribution in [1.29, 1.82) is 0 Å². The summed E-state index contributed by atoms with van der Waals surface area (Å²) in [5, 5.41) is 5.89. The minimum atomic E-state index is -0.0220. The predicted octanol–water partition coefficient (Wildman–Crippen LogP) is 3.61. The van der Waals surface area contributed by atoms with Gasteiger partial charge in [-0.15, -0.1) is 0 Å². The first kappa shape index (κ1) is 20.0. The molecule has 0 spiro atoms. The highest BCUT2D eigenvalue weighted by Gasteiger charge is 2.24. The van der Waals surface area contributed by atoms with Crippen LogP contribution in [0.2, 0.25) is 0 Å². The van der Waals surface area contributed by atoms with Gasteiger partial charge in [-0.2, -0.15) is 0 Å². The van der Waals surface area contributed by atoms with Crippen molar-refractivity contribution in [2.75, 3.05) is 13.1 Å². The molecule has 28 heavy (non-hydrogen) atoms. The summed E-state index contributed by atoms with van der Waals surface area (Å²) in [6.07, 6.45) is 3.32. The monoisotopic (exact) mass is 383 g/mol. The number of carbonyl (C=O) groups is 2. The number of likely N-dealkylation sites (tertiary alicyclic amines) is 1. The third-order valence-electron chi connectivity index (χ3n) is 5.13. The van der Waals surface area contributed by atoms with Crippen molar-refractivity contribution in [3.05, 3.63) is 59.5 Å². The number of nitrogens with one attached hydrogen (secondary N) is 2. The molecule has 150 valence electrons. The highest BCUT2D eigenvalue weighted by molar-refractivity contribution is 5.76. The maximum Gasteiger partial charge on any atom is 0.317 e. The van der Waals surface area contributed by atoms with E-state index in [0.717, 1.165) is 42.9 Å². The molecular formula is C22H29N3O3. The lowest BCUT2D eigenvalue weighted by atomic mass is 9.93. The van der Waals surface area contributed by atoms with Gasteiger partial charge in [0, 0.05) is 26.1 Å². The van der Waals surface area contributed by atoms with E-state index in [-0.39, 0.29) is 11.9 Å². The lowest BCUT2D eigenvalue weighted by molar-refractivity contribution is -0.121. The largest absolute Gasteiger partial charge is 0.465 e. The number of urea groups is 1. The number of hydrogen-bond acceptors (Lipinski definition) is 3. The molecule has 1 fully saturated rings. The first-order chi connectivity index (χ1) is 13.6. The lowest BCUT2D eigenvalue weighted by Crippen LogP contribution is -2.45. The van der Waals surface area contributed by atoms with E-state index in [1.807, 2.05) is 54.3 Å². The molecule has 1 atom stereocenters. The van der Waals surface area contributed by atoms with Gasteiger partial charge in [0.25, 0.3) is 0 Å². The molecule has 1 aromatic heterocycles. The summed E-state index contributed by atoms with van der Waals surface area (Å²) in [5.41, 5.74) is 1.09. The summed E-state index contributed by atoms with van der Waals surface area (Å²) >= 11 is 0. The Morgan fingerprint density at radius 3 is 2.68 bits per heavy atom. The van der Waals surface area contributed by atoms with E-state index in [0.29, 0.717) is 32.0 Å². The average molecular weight is 383 g/mol. The summed E-state index contributed by atoms with van der Waals surface area (Å²) in [5.74, 6) is 2.01. The molecule has 3 amide bonds. The normalized spacial score (nSPS) is 16.6. The quantitative estimate of drug-likeness (QED) is 0.767. The Balaban J connectivity index is 1.36. The molecule has 1 aromatic carbocycles. The van der Waals surface area contributed by atoms with E-state index >= 15 is 0 Å². The second-order valence-corrected chi connectivity index (χ2v) is 7.43. The van der Waals surface area contributed by atoms with Crippen LogP contribution in [0, 0.1) is 12.8 Å². The van der Waals surface area contributed by atoms with Crippen LogP contribution in [-0.4, -0.2) is 29.9 Å². The molecule has 0 aliphatic carbocycles. The van der Waals surface area contributed by atoms with Crippen molar-refractivity contribution in [3.63, 3.8) is 0 Å². The number of nitrogens with zero attached hydrogens (tertiary/aromatic N) is 1. The number of piperidine rings is 1. The second-order valence-electron chi connectivity index (χ2n) is 7.43. The number of benzene rings is 1. The molecule has 2 N–H and O–H groups in total. The van der Waals surface area contributed by atoms with Gasteiger partial charge in [-0.1, -0.05) is 30.3 Å². The van der Waals surface area contributed by atoms with E-state index in [1.54, 1.807) is 0 Å². The minimum Gasteiger partial charge on any atom is -0.465 e. The SMILES string of the molecule is Cc1ccc(CNC(=O)CCC2CCCN(C(=O)NCc3ccccc3)C2)o1. The number of amides is 3. The average Bonchev–Trinajstić information content (AvgIpc) is 3.15. The molecule has 3 rings (SSSR count). The molecule has 1 aliphatic heterocycles. The zero-order valence-corrected chi connectivity index (χ0v) is 16.4. The molecular weight excluding hydrogens is 354 g/mol. The van der Waals surface area contributed by atoms with Gasteiger partial charge >= 0.3 is 6.03 Å². The highest BCUT2D eigenvalue weighted by atomic mass is 16.3.